The molecule has 0 radical (unpaired) electrons. The maximum atomic E-state index is 14.0. The second kappa shape index (κ2) is 24.5. The van der Waals surface area contributed by atoms with Crippen molar-refractivity contribution < 1.29 is 63.7 Å². The highest BCUT2D eigenvalue weighted by atomic mass is 16.7. The molecule has 2 aromatic rings. The number of cyclic esters (lactones) is 1. The quantitative estimate of drug-likeness (QED) is 0.155. The zero-order valence-electron chi connectivity index (χ0n) is 40.7. The van der Waals surface area contributed by atoms with Crippen LogP contribution < -0.4 is 0 Å². The van der Waals surface area contributed by atoms with E-state index in [0.29, 0.717) is 13.0 Å². The second-order valence-electron chi connectivity index (χ2n) is 19.7. The molecule has 2 heterocycles. The minimum absolute atomic E-state index is 0.0547. The summed E-state index contributed by atoms with van der Waals surface area (Å²) >= 11 is 0. The Morgan fingerprint density at radius 1 is 0.909 bits per heavy atom. The van der Waals surface area contributed by atoms with Crippen molar-refractivity contribution in [3.05, 3.63) is 71.8 Å². The summed E-state index contributed by atoms with van der Waals surface area (Å²) in [6.45, 7) is 13.7. The molecule has 15 atom stereocenters. The van der Waals surface area contributed by atoms with Gasteiger partial charge in [-0.2, -0.15) is 0 Å². The summed E-state index contributed by atoms with van der Waals surface area (Å²) in [5.74, 6) is -5.02. The van der Waals surface area contributed by atoms with Gasteiger partial charge < -0.3 is 54.3 Å². The first-order valence-corrected chi connectivity index (χ1v) is 23.7. The number of benzene rings is 2. The van der Waals surface area contributed by atoms with Gasteiger partial charge in [-0.25, -0.2) is 0 Å². The number of hydrogen-bond acceptors (Lipinski definition) is 14. The summed E-state index contributed by atoms with van der Waals surface area (Å²) in [5, 5.41) is 59.0. The Balaban J connectivity index is 1.53. The van der Waals surface area contributed by atoms with E-state index < -0.39 is 95.9 Å². The Morgan fingerprint density at radius 3 is 2.12 bits per heavy atom. The van der Waals surface area contributed by atoms with E-state index in [1.807, 2.05) is 72.5 Å². The van der Waals surface area contributed by atoms with Crippen LogP contribution in [0.3, 0.4) is 0 Å². The Labute approximate surface area is 391 Å². The molecule has 15 nitrogen and oxygen atoms in total. The number of carbonyl (C=O) groups is 4. The number of carbonyl (C=O) groups excluding carboxylic acids is 4. The number of likely N-dealkylation sites (N-methyl/N-ethyl adjacent to an activating group) is 2. The Kier molecular flexibility index (Phi) is 20.3. The lowest BCUT2D eigenvalue weighted by molar-refractivity contribution is -0.299. The highest BCUT2D eigenvalue weighted by Gasteiger charge is 2.50. The van der Waals surface area contributed by atoms with E-state index in [-0.39, 0.29) is 69.2 Å². The van der Waals surface area contributed by atoms with Crippen LogP contribution in [0, 0.1) is 23.7 Å². The maximum absolute atomic E-state index is 14.0. The number of ketones is 1. The lowest BCUT2D eigenvalue weighted by Gasteiger charge is -2.47. The molecule has 4 rings (SSSR count). The van der Waals surface area contributed by atoms with Crippen molar-refractivity contribution in [2.75, 3.05) is 20.6 Å². The van der Waals surface area contributed by atoms with Crippen molar-refractivity contribution in [3.63, 3.8) is 0 Å². The monoisotopic (exact) mass is 927 g/mol. The summed E-state index contributed by atoms with van der Waals surface area (Å²) < 4.78 is 24.0. The van der Waals surface area contributed by atoms with Gasteiger partial charge in [0.05, 0.1) is 42.3 Å². The zero-order valence-corrected chi connectivity index (χ0v) is 40.7. The predicted octanol–water partition coefficient (Wildman–Crippen LogP) is 4.60. The molecule has 15 heteroatoms. The normalized spacial score (nSPS) is 34.6. The molecule has 2 saturated heterocycles. The highest BCUT2D eigenvalue weighted by Crippen LogP contribution is 2.37. The third kappa shape index (κ3) is 14.6. The average Bonchev–Trinajstić information content (AvgIpc) is 3.28. The lowest BCUT2D eigenvalue weighted by Crippen LogP contribution is -2.60. The number of hydrogen-bond donors (Lipinski definition) is 5. The summed E-state index contributed by atoms with van der Waals surface area (Å²) in [5.41, 5.74) is -1.73. The summed E-state index contributed by atoms with van der Waals surface area (Å²) in [7, 11) is 3.35. The smallest absolute Gasteiger partial charge is 0.311 e. The van der Waals surface area contributed by atoms with Crippen molar-refractivity contribution in [1.29, 1.82) is 0 Å². The van der Waals surface area contributed by atoms with E-state index in [2.05, 4.69) is 0 Å². The number of ether oxygens (including phenoxy) is 4. The molecule has 2 aliphatic rings. The minimum atomic E-state index is -1.83. The molecule has 0 unspecified atom stereocenters. The van der Waals surface area contributed by atoms with Crippen molar-refractivity contribution in [2.24, 2.45) is 23.7 Å². The highest BCUT2D eigenvalue weighted by molar-refractivity contribution is 5.86. The molecule has 5 N–H and O–H groups in total. The standard InChI is InChI=1S/C51H78N2O13/c1-11-41-51(8,62)46(59)35(6)52(9)29-31(2)28-50(7,61)47(33(4)44(57)34(5)48(60)65-41)66-49-45(58)39(26-32(3)64-49)53(10)42(55)25-23-38(40(54)24-22-36-18-14-12-15-19-36)27-43(56)63-30-37-20-16-13-17-21-37/h12-21,31-35,38-39,41,44-47,49,57-59,61-62H,11,22-30H2,1-10H3/t31-,32-,33+,34-,35-,38+,39+,41-,44+,45-,46-,47-,49+,50-,51-/m1/s1. The first-order valence-electron chi connectivity index (χ1n) is 23.7. The number of aliphatic hydroxyl groups excluding tert-OH is 3. The van der Waals surface area contributed by atoms with Crippen LogP contribution >= 0.6 is 0 Å². The molecule has 0 spiro atoms. The Hall–Kier alpha value is -3.80. The van der Waals surface area contributed by atoms with E-state index in [9.17, 15) is 44.7 Å². The van der Waals surface area contributed by atoms with Gasteiger partial charge in [-0.3, -0.25) is 19.2 Å². The molecule has 2 aliphatic heterocycles. The largest absolute Gasteiger partial charge is 0.461 e. The number of amides is 1. The van der Waals surface area contributed by atoms with Crippen LogP contribution in [0.25, 0.3) is 0 Å². The maximum Gasteiger partial charge on any atom is 0.311 e. The van der Waals surface area contributed by atoms with E-state index in [0.717, 1.165) is 11.1 Å². The van der Waals surface area contributed by atoms with Gasteiger partial charge in [-0.1, -0.05) is 81.4 Å². The Morgan fingerprint density at radius 2 is 1.52 bits per heavy atom. The fourth-order valence-corrected chi connectivity index (χ4v) is 9.76. The van der Waals surface area contributed by atoms with Gasteiger partial charge in [-0.05, 0) is 90.8 Å². The number of esters is 2. The van der Waals surface area contributed by atoms with E-state index >= 15 is 0 Å². The topological polar surface area (TPSA) is 213 Å². The van der Waals surface area contributed by atoms with Crippen molar-refractivity contribution in [2.45, 2.75) is 180 Å². The molecule has 0 aliphatic carbocycles. The van der Waals surface area contributed by atoms with Crippen molar-refractivity contribution >= 4 is 23.6 Å². The number of aryl methyl sites for hydroxylation is 1. The van der Waals surface area contributed by atoms with Crippen LogP contribution in [0.15, 0.2) is 60.7 Å². The second-order valence-corrected chi connectivity index (χ2v) is 19.7. The van der Waals surface area contributed by atoms with E-state index in [4.69, 9.17) is 18.9 Å². The van der Waals surface area contributed by atoms with Crippen LogP contribution in [0.2, 0.25) is 0 Å². The van der Waals surface area contributed by atoms with Crippen molar-refractivity contribution in [3.8, 4) is 0 Å². The van der Waals surface area contributed by atoms with E-state index in [1.54, 1.807) is 48.7 Å². The summed E-state index contributed by atoms with van der Waals surface area (Å²) in [4.78, 5) is 57.7. The van der Waals surface area contributed by atoms with Gasteiger partial charge in [0.2, 0.25) is 5.91 Å². The van der Waals surface area contributed by atoms with Gasteiger partial charge in [-0.15, -0.1) is 0 Å². The molecule has 2 aromatic carbocycles. The third-order valence-corrected chi connectivity index (χ3v) is 14.0. The third-order valence-electron chi connectivity index (χ3n) is 14.0. The Bertz CT molecular complexity index is 1850. The first-order chi connectivity index (χ1) is 31.0. The zero-order chi connectivity index (χ0) is 49.1. The van der Waals surface area contributed by atoms with Gasteiger partial charge in [0.1, 0.15) is 36.3 Å². The van der Waals surface area contributed by atoms with Gasteiger partial charge in [0, 0.05) is 44.3 Å². The predicted molar refractivity (Wildman–Crippen MR) is 247 cm³/mol. The summed E-state index contributed by atoms with van der Waals surface area (Å²) in [6, 6.07) is 17.3. The van der Waals surface area contributed by atoms with Crippen LogP contribution in [0.1, 0.15) is 111 Å². The SMILES string of the molecule is CC[C@H]1OC(=O)[C@H](C)[C@@H](O)[C@H](C)[C@@H](O[C@@H]2O[C@H](C)C[C@H](N(C)C(=O)CC[C@@H](CC(=O)OCc3ccccc3)C(=O)CCc3ccccc3)[C@H]2O)[C@](C)(O)C[C@@H](C)CN(C)[C@H](C)[C@@H](O)[C@]1(C)O. The molecule has 0 bridgehead atoms. The molecule has 1 amide bonds. The van der Waals surface area contributed by atoms with E-state index in [1.165, 1.54) is 18.7 Å². The number of nitrogens with zero attached hydrogens (tertiary/aromatic N) is 2. The van der Waals surface area contributed by atoms with Crippen LogP contribution in [-0.2, 0) is 51.2 Å². The number of Topliss-reactive ketones (excluding diaryl/α,β-unsaturated/α-hetero) is 1. The minimum Gasteiger partial charge on any atom is -0.461 e. The fraction of sp³-hybridized carbons (Fsp3) is 0.686. The van der Waals surface area contributed by atoms with Crippen LogP contribution in [0.5, 0.6) is 0 Å². The molecule has 66 heavy (non-hydrogen) atoms. The van der Waals surface area contributed by atoms with Gasteiger partial charge in [0.25, 0.3) is 0 Å². The molecule has 0 saturated carbocycles. The molecular formula is C51H78N2O13. The number of aliphatic hydroxyl groups is 5. The summed E-state index contributed by atoms with van der Waals surface area (Å²) in [6.07, 6.45) is -7.46. The molecule has 2 fully saturated rings. The van der Waals surface area contributed by atoms with Crippen LogP contribution in [-0.4, -0.2) is 146 Å². The lowest BCUT2D eigenvalue weighted by atomic mass is 9.78. The number of rotatable bonds is 15. The average molecular weight is 927 g/mol. The van der Waals surface area contributed by atoms with Crippen molar-refractivity contribution in [1.82, 2.24) is 9.80 Å². The molecular weight excluding hydrogens is 849 g/mol. The van der Waals surface area contributed by atoms with Gasteiger partial charge in [0.15, 0.2) is 6.29 Å². The first kappa shape index (κ1) is 54.8. The van der Waals surface area contributed by atoms with Crippen LogP contribution in [0.4, 0.5) is 0 Å². The fourth-order valence-electron chi connectivity index (χ4n) is 9.76. The van der Waals surface area contributed by atoms with Gasteiger partial charge >= 0.3 is 11.9 Å². The molecule has 370 valence electrons. The molecule has 0 aromatic heterocycles.